The lowest BCUT2D eigenvalue weighted by Gasteiger charge is -2.09. The Kier molecular flexibility index (Phi) is 5.31. The van der Waals surface area contributed by atoms with Crippen molar-refractivity contribution >= 4 is 34.7 Å². The largest absolute Gasteiger partial charge is 0.370 e. The lowest BCUT2D eigenvalue weighted by molar-refractivity contribution is -0.117. The summed E-state index contributed by atoms with van der Waals surface area (Å²) in [6.07, 6.45) is 3.32. The number of benzene rings is 1. The van der Waals surface area contributed by atoms with Gasteiger partial charge in [-0.05, 0) is 30.3 Å². The van der Waals surface area contributed by atoms with Crippen molar-refractivity contribution in [3.05, 3.63) is 60.4 Å². The normalized spacial score (nSPS) is 10.4. The van der Waals surface area contributed by atoms with Crippen molar-refractivity contribution in [3.8, 4) is 0 Å². The number of pyridine rings is 1. The van der Waals surface area contributed by atoms with E-state index in [1.54, 1.807) is 41.0 Å². The van der Waals surface area contributed by atoms with E-state index >= 15 is 0 Å². The van der Waals surface area contributed by atoms with Crippen molar-refractivity contribution in [2.45, 2.75) is 6.42 Å². The van der Waals surface area contributed by atoms with Gasteiger partial charge in [0, 0.05) is 30.5 Å². The minimum absolute atomic E-state index is 0.0587. The number of carbonyl (C=O) groups excluding carboxylic acids is 3. The van der Waals surface area contributed by atoms with E-state index in [2.05, 4.69) is 21.0 Å². The average Bonchev–Trinajstić information content (AvgIpc) is 3.06. The molecular weight excluding hydrogens is 348 g/mol. The van der Waals surface area contributed by atoms with Crippen molar-refractivity contribution < 1.29 is 14.4 Å². The maximum atomic E-state index is 12.5. The SMILES string of the molecule is NC(=O)CCNC(=O)Nc1cccc(NC(=O)c2cnn3ccccc23)c1. The van der Waals surface area contributed by atoms with Gasteiger partial charge >= 0.3 is 6.03 Å². The number of nitrogens with two attached hydrogens (primary N) is 1. The molecule has 2 heterocycles. The summed E-state index contributed by atoms with van der Waals surface area (Å²) in [4.78, 5) is 35.0. The molecule has 0 saturated carbocycles. The molecule has 3 aromatic rings. The van der Waals surface area contributed by atoms with Crippen LogP contribution in [0.3, 0.4) is 0 Å². The average molecular weight is 366 g/mol. The predicted molar refractivity (Wildman–Crippen MR) is 100 cm³/mol. The van der Waals surface area contributed by atoms with Crippen LogP contribution in [0.5, 0.6) is 0 Å². The molecule has 0 atom stereocenters. The third-order valence-electron chi connectivity index (χ3n) is 3.71. The Labute approximate surface area is 154 Å². The van der Waals surface area contributed by atoms with Crippen LogP contribution in [-0.2, 0) is 4.79 Å². The van der Waals surface area contributed by atoms with Gasteiger partial charge in [-0.15, -0.1) is 0 Å². The zero-order valence-corrected chi connectivity index (χ0v) is 14.3. The van der Waals surface area contributed by atoms with Crippen LogP contribution >= 0.6 is 0 Å². The van der Waals surface area contributed by atoms with E-state index in [0.717, 1.165) is 0 Å². The van der Waals surface area contributed by atoms with Crippen LogP contribution in [-0.4, -0.2) is 34.0 Å². The summed E-state index contributed by atoms with van der Waals surface area (Å²) in [5, 5.41) is 12.1. The molecule has 5 N–H and O–H groups in total. The number of hydrogen-bond donors (Lipinski definition) is 4. The van der Waals surface area contributed by atoms with Gasteiger partial charge in [0.15, 0.2) is 0 Å². The molecule has 0 bridgehead atoms. The lowest BCUT2D eigenvalue weighted by atomic mass is 10.2. The van der Waals surface area contributed by atoms with Gasteiger partial charge in [0.2, 0.25) is 5.91 Å². The fourth-order valence-corrected chi connectivity index (χ4v) is 2.46. The molecule has 0 spiro atoms. The Bertz CT molecular complexity index is 997. The molecule has 0 aliphatic rings. The van der Waals surface area contributed by atoms with Gasteiger partial charge in [-0.25, -0.2) is 9.31 Å². The lowest BCUT2D eigenvalue weighted by Crippen LogP contribution is -2.31. The molecule has 138 valence electrons. The topological polar surface area (TPSA) is 131 Å². The number of hydrogen-bond acceptors (Lipinski definition) is 4. The first kappa shape index (κ1) is 17.9. The summed E-state index contributed by atoms with van der Waals surface area (Å²) in [6.45, 7) is 0.145. The summed E-state index contributed by atoms with van der Waals surface area (Å²) < 4.78 is 1.61. The van der Waals surface area contributed by atoms with E-state index < -0.39 is 11.9 Å². The van der Waals surface area contributed by atoms with Crippen molar-refractivity contribution in [3.63, 3.8) is 0 Å². The Morgan fingerprint density at radius 3 is 2.59 bits per heavy atom. The van der Waals surface area contributed by atoms with Crippen molar-refractivity contribution in [2.24, 2.45) is 5.73 Å². The fourth-order valence-electron chi connectivity index (χ4n) is 2.46. The highest BCUT2D eigenvalue weighted by Gasteiger charge is 2.13. The van der Waals surface area contributed by atoms with Crippen molar-refractivity contribution in [1.82, 2.24) is 14.9 Å². The third-order valence-corrected chi connectivity index (χ3v) is 3.71. The molecular formula is C18H18N6O3. The minimum atomic E-state index is -0.493. The molecule has 1 aromatic carbocycles. The standard InChI is InChI=1S/C18H18N6O3/c19-16(25)7-8-20-18(27)23-13-5-3-4-12(10-13)22-17(26)14-11-21-24-9-2-1-6-15(14)24/h1-6,9-11H,7-8H2,(H2,19,25)(H,22,26)(H2,20,23,27). The summed E-state index contributed by atoms with van der Waals surface area (Å²) in [7, 11) is 0. The second-order valence-corrected chi connectivity index (χ2v) is 5.72. The third kappa shape index (κ3) is 4.60. The summed E-state index contributed by atoms with van der Waals surface area (Å²) >= 11 is 0. The molecule has 9 heteroatoms. The van der Waals surface area contributed by atoms with E-state index in [0.29, 0.717) is 22.5 Å². The molecule has 0 unspecified atom stereocenters. The molecule has 0 radical (unpaired) electrons. The first-order chi connectivity index (χ1) is 13.0. The van der Waals surface area contributed by atoms with Crippen LogP contribution < -0.4 is 21.7 Å². The van der Waals surface area contributed by atoms with E-state index in [4.69, 9.17) is 5.73 Å². The molecule has 0 fully saturated rings. The molecule has 9 nitrogen and oxygen atoms in total. The van der Waals surface area contributed by atoms with Gasteiger partial charge < -0.3 is 21.7 Å². The highest BCUT2D eigenvalue weighted by atomic mass is 16.2. The van der Waals surface area contributed by atoms with Crippen molar-refractivity contribution in [1.29, 1.82) is 0 Å². The summed E-state index contributed by atoms with van der Waals surface area (Å²) in [6, 6.07) is 11.7. The maximum absolute atomic E-state index is 12.5. The number of fused-ring (bicyclic) bond motifs is 1. The van der Waals surface area contributed by atoms with Crippen LogP contribution in [0.15, 0.2) is 54.9 Å². The first-order valence-electron chi connectivity index (χ1n) is 8.20. The Hall–Kier alpha value is -3.88. The Morgan fingerprint density at radius 1 is 1.04 bits per heavy atom. The van der Waals surface area contributed by atoms with Crippen LogP contribution in [0.25, 0.3) is 5.52 Å². The highest BCUT2D eigenvalue weighted by molar-refractivity contribution is 6.09. The van der Waals surface area contributed by atoms with Gasteiger partial charge in [-0.2, -0.15) is 5.10 Å². The number of rotatable bonds is 6. The van der Waals surface area contributed by atoms with E-state index in [1.165, 1.54) is 6.20 Å². The zero-order chi connectivity index (χ0) is 19.2. The second kappa shape index (κ2) is 8.00. The number of anilines is 2. The Balaban J connectivity index is 1.64. The smallest absolute Gasteiger partial charge is 0.319 e. The van der Waals surface area contributed by atoms with E-state index in [1.807, 2.05) is 12.1 Å². The van der Waals surface area contributed by atoms with Gasteiger partial charge in [-0.1, -0.05) is 12.1 Å². The fraction of sp³-hybridized carbons (Fsp3) is 0.111. The summed E-state index contributed by atoms with van der Waals surface area (Å²) in [5.41, 5.74) is 7.16. The Morgan fingerprint density at radius 2 is 1.81 bits per heavy atom. The van der Waals surface area contributed by atoms with Crippen molar-refractivity contribution in [2.75, 3.05) is 17.2 Å². The van der Waals surface area contributed by atoms with E-state index in [-0.39, 0.29) is 18.9 Å². The summed E-state index contributed by atoms with van der Waals surface area (Å²) in [5.74, 6) is -0.799. The molecule has 0 saturated heterocycles. The van der Waals surface area contributed by atoms with Crippen LogP contribution in [0.2, 0.25) is 0 Å². The van der Waals surface area contributed by atoms with Crippen LogP contribution in [0.4, 0.5) is 16.2 Å². The molecule has 3 rings (SSSR count). The van der Waals surface area contributed by atoms with Gasteiger partial charge in [0.25, 0.3) is 5.91 Å². The molecule has 2 aromatic heterocycles. The second-order valence-electron chi connectivity index (χ2n) is 5.72. The number of primary amides is 1. The zero-order valence-electron chi connectivity index (χ0n) is 14.3. The van der Waals surface area contributed by atoms with E-state index in [9.17, 15) is 14.4 Å². The number of nitrogens with zero attached hydrogens (tertiary/aromatic N) is 2. The van der Waals surface area contributed by atoms with Gasteiger partial charge in [0.05, 0.1) is 17.3 Å². The van der Waals surface area contributed by atoms with Crippen LogP contribution in [0.1, 0.15) is 16.8 Å². The number of urea groups is 1. The monoisotopic (exact) mass is 366 g/mol. The maximum Gasteiger partial charge on any atom is 0.319 e. The minimum Gasteiger partial charge on any atom is -0.370 e. The predicted octanol–water partition coefficient (Wildman–Crippen LogP) is 1.58. The number of amides is 4. The van der Waals surface area contributed by atoms with Gasteiger partial charge in [0.1, 0.15) is 0 Å². The highest BCUT2D eigenvalue weighted by Crippen LogP contribution is 2.17. The molecule has 0 aliphatic carbocycles. The molecule has 27 heavy (non-hydrogen) atoms. The molecule has 4 amide bonds. The quantitative estimate of drug-likeness (QED) is 0.527. The number of nitrogens with one attached hydrogen (secondary N) is 3. The number of carbonyl (C=O) groups is 3. The molecule has 0 aliphatic heterocycles. The first-order valence-corrected chi connectivity index (χ1v) is 8.20. The number of aromatic nitrogens is 2. The van der Waals surface area contributed by atoms with Crippen LogP contribution in [0, 0.1) is 0 Å². The van der Waals surface area contributed by atoms with Gasteiger partial charge in [-0.3, -0.25) is 9.59 Å².